The van der Waals surface area contributed by atoms with Crippen LogP contribution >= 0.6 is 0 Å². The van der Waals surface area contributed by atoms with Gasteiger partial charge in [0.1, 0.15) is 0 Å². The Hall–Kier alpha value is -1.61. The molecule has 1 aromatic rings. The average molecular weight is 314 g/mol. The lowest BCUT2D eigenvalue weighted by Gasteiger charge is -2.55. The van der Waals surface area contributed by atoms with E-state index in [1.54, 1.807) is 0 Å². The summed E-state index contributed by atoms with van der Waals surface area (Å²) in [6.45, 7) is 9.25. The molecule has 3 rings (SSSR count). The minimum atomic E-state index is -0.216. The Labute approximate surface area is 138 Å². The third-order valence-electron chi connectivity index (χ3n) is 5.92. The van der Waals surface area contributed by atoms with Crippen LogP contribution in [0.1, 0.15) is 39.4 Å². The van der Waals surface area contributed by atoms with Crippen LogP contribution in [-0.2, 0) is 14.3 Å². The van der Waals surface area contributed by atoms with Gasteiger partial charge in [-0.3, -0.25) is 4.79 Å². The van der Waals surface area contributed by atoms with Crippen molar-refractivity contribution in [3.05, 3.63) is 47.5 Å². The van der Waals surface area contributed by atoms with Gasteiger partial charge in [0.05, 0.1) is 19.3 Å². The van der Waals surface area contributed by atoms with Crippen molar-refractivity contribution in [2.45, 2.75) is 33.8 Å². The fourth-order valence-corrected chi connectivity index (χ4v) is 4.44. The van der Waals surface area contributed by atoms with Crippen LogP contribution in [0.4, 0.5) is 0 Å². The highest BCUT2D eigenvalue weighted by Gasteiger charge is 2.54. The molecule has 2 aliphatic rings. The van der Waals surface area contributed by atoms with E-state index in [2.05, 4.69) is 51.1 Å². The predicted octanol–water partition coefficient (Wildman–Crippen LogP) is 4.16. The summed E-state index contributed by atoms with van der Waals surface area (Å²) in [4.78, 5) is 11.3. The molecule has 0 aromatic heterocycles. The number of rotatable bonds is 3. The van der Waals surface area contributed by atoms with Crippen LogP contribution in [0.2, 0.25) is 0 Å². The van der Waals surface area contributed by atoms with Gasteiger partial charge in [0.25, 0.3) is 0 Å². The number of allylic oxidation sites excluding steroid dienone is 1. The smallest absolute Gasteiger partial charge is 0.302 e. The zero-order chi connectivity index (χ0) is 16.6. The number of carbonyl (C=O) groups excluding carboxylic acids is 1. The summed E-state index contributed by atoms with van der Waals surface area (Å²) in [5, 5.41) is 0. The van der Waals surface area contributed by atoms with Crippen molar-refractivity contribution in [3.63, 3.8) is 0 Å². The molecule has 1 aliphatic heterocycles. The van der Waals surface area contributed by atoms with E-state index in [1.807, 2.05) is 6.07 Å². The molecule has 0 saturated carbocycles. The van der Waals surface area contributed by atoms with E-state index in [9.17, 15) is 4.79 Å². The Morgan fingerprint density at radius 1 is 1.30 bits per heavy atom. The van der Waals surface area contributed by atoms with Gasteiger partial charge < -0.3 is 9.47 Å². The van der Waals surface area contributed by atoms with E-state index in [1.165, 1.54) is 18.1 Å². The molecule has 0 spiro atoms. The van der Waals surface area contributed by atoms with Crippen molar-refractivity contribution in [3.8, 4) is 0 Å². The number of benzene rings is 1. The SMILES string of the molecule is CC(=O)OC[C@@]12CO[C@H](c3ccccc3)[C@@H](C(C)=C[C@@H]1C)[C@H]2C. The van der Waals surface area contributed by atoms with Crippen molar-refractivity contribution in [1.82, 2.24) is 0 Å². The number of hydrogen-bond donors (Lipinski definition) is 0. The quantitative estimate of drug-likeness (QED) is 0.621. The third-order valence-corrected chi connectivity index (χ3v) is 5.92. The van der Waals surface area contributed by atoms with Crippen molar-refractivity contribution >= 4 is 5.97 Å². The monoisotopic (exact) mass is 314 g/mol. The number of hydrogen-bond acceptors (Lipinski definition) is 3. The zero-order valence-corrected chi connectivity index (χ0v) is 14.4. The predicted molar refractivity (Wildman–Crippen MR) is 89.8 cm³/mol. The van der Waals surface area contributed by atoms with Crippen LogP contribution in [0.15, 0.2) is 42.0 Å². The number of esters is 1. The van der Waals surface area contributed by atoms with Gasteiger partial charge in [0.2, 0.25) is 0 Å². The van der Waals surface area contributed by atoms with Gasteiger partial charge in [-0.05, 0) is 24.3 Å². The third kappa shape index (κ3) is 2.72. The molecule has 2 bridgehead atoms. The van der Waals surface area contributed by atoms with Gasteiger partial charge in [-0.25, -0.2) is 0 Å². The highest BCUT2D eigenvalue weighted by molar-refractivity contribution is 5.66. The van der Waals surface area contributed by atoms with Gasteiger partial charge in [-0.15, -0.1) is 0 Å². The van der Waals surface area contributed by atoms with Crippen molar-refractivity contribution in [1.29, 1.82) is 0 Å². The molecule has 1 aromatic carbocycles. The van der Waals surface area contributed by atoms with E-state index < -0.39 is 0 Å². The Bertz CT molecular complexity index is 607. The van der Waals surface area contributed by atoms with E-state index in [0.29, 0.717) is 31.0 Å². The molecule has 1 fully saturated rings. The highest BCUT2D eigenvalue weighted by atomic mass is 16.5. The highest BCUT2D eigenvalue weighted by Crippen LogP contribution is 2.56. The molecular formula is C20H26O3. The first-order valence-corrected chi connectivity index (χ1v) is 8.44. The Balaban J connectivity index is 1.95. The molecule has 0 N–H and O–H groups in total. The van der Waals surface area contributed by atoms with Gasteiger partial charge in [-0.2, -0.15) is 0 Å². The number of ether oxygens (including phenoxy) is 2. The Kier molecular flexibility index (Phi) is 4.33. The van der Waals surface area contributed by atoms with E-state index in [0.717, 1.165) is 0 Å². The van der Waals surface area contributed by atoms with Gasteiger partial charge in [-0.1, -0.05) is 55.8 Å². The minimum absolute atomic E-state index is 0.0837. The van der Waals surface area contributed by atoms with Gasteiger partial charge in [0.15, 0.2) is 0 Å². The van der Waals surface area contributed by atoms with Crippen molar-refractivity contribution < 1.29 is 14.3 Å². The summed E-state index contributed by atoms with van der Waals surface area (Å²) in [6, 6.07) is 10.4. The van der Waals surface area contributed by atoms with Crippen LogP contribution in [-0.4, -0.2) is 19.2 Å². The van der Waals surface area contributed by atoms with E-state index >= 15 is 0 Å². The average Bonchev–Trinajstić information content (AvgIpc) is 2.52. The largest absolute Gasteiger partial charge is 0.465 e. The first kappa shape index (κ1) is 16.3. The molecule has 3 nitrogen and oxygen atoms in total. The van der Waals surface area contributed by atoms with Crippen LogP contribution in [0.3, 0.4) is 0 Å². The molecule has 0 unspecified atom stereocenters. The molecule has 124 valence electrons. The second kappa shape index (κ2) is 6.12. The molecule has 0 amide bonds. The molecule has 3 heteroatoms. The summed E-state index contributed by atoms with van der Waals surface area (Å²) < 4.78 is 11.8. The maximum Gasteiger partial charge on any atom is 0.302 e. The number of carbonyl (C=O) groups is 1. The minimum Gasteiger partial charge on any atom is -0.465 e. The second-order valence-electron chi connectivity index (χ2n) is 7.17. The van der Waals surface area contributed by atoms with E-state index in [4.69, 9.17) is 9.47 Å². The lowest BCUT2D eigenvalue weighted by Crippen LogP contribution is -2.54. The fraction of sp³-hybridized carbons (Fsp3) is 0.550. The molecule has 0 radical (unpaired) electrons. The van der Waals surface area contributed by atoms with Gasteiger partial charge in [0, 0.05) is 18.3 Å². The molecular weight excluding hydrogens is 288 g/mol. The lowest BCUT2D eigenvalue weighted by molar-refractivity contribution is -0.180. The van der Waals surface area contributed by atoms with Crippen LogP contribution < -0.4 is 0 Å². The topological polar surface area (TPSA) is 35.5 Å². The van der Waals surface area contributed by atoms with Crippen molar-refractivity contribution in [2.75, 3.05) is 13.2 Å². The Morgan fingerprint density at radius 3 is 2.65 bits per heavy atom. The fourth-order valence-electron chi connectivity index (χ4n) is 4.44. The van der Waals surface area contributed by atoms with Crippen molar-refractivity contribution in [2.24, 2.45) is 23.2 Å². The lowest BCUT2D eigenvalue weighted by atomic mass is 9.56. The summed E-state index contributed by atoms with van der Waals surface area (Å²) in [5.41, 5.74) is 2.49. The first-order chi connectivity index (χ1) is 11.0. The number of fused-ring (bicyclic) bond motifs is 2. The standard InChI is InChI=1S/C20H26O3/c1-13-10-14(2)20(11-22-16(4)21)12-23-19(18(13)15(20)3)17-8-6-5-7-9-17/h5-10,14-15,18-19H,11-12H2,1-4H3/t14-,15+,18-,19+,20+/m0/s1. The molecule has 23 heavy (non-hydrogen) atoms. The Morgan fingerprint density at radius 2 is 2.00 bits per heavy atom. The molecule has 1 aliphatic carbocycles. The van der Waals surface area contributed by atoms with Crippen LogP contribution in [0.25, 0.3) is 0 Å². The second-order valence-corrected chi connectivity index (χ2v) is 7.17. The summed E-state index contributed by atoms with van der Waals surface area (Å²) in [7, 11) is 0. The zero-order valence-electron chi connectivity index (χ0n) is 14.4. The molecule has 1 heterocycles. The first-order valence-electron chi connectivity index (χ1n) is 8.44. The maximum atomic E-state index is 11.3. The summed E-state index contributed by atoms with van der Waals surface area (Å²) in [6.07, 6.45) is 2.44. The summed E-state index contributed by atoms with van der Waals surface area (Å²) in [5.74, 6) is 0.857. The molecule has 1 saturated heterocycles. The normalized spacial score (nSPS) is 36.3. The van der Waals surface area contributed by atoms with Crippen LogP contribution in [0.5, 0.6) is 0 Å². The van der Waals surface area contributed by atoms with E-state index in [-0.39, 0.29) is 17.5 Å². The molecule has 5 atom stereocenters. The maximum absolute atomic E-state index is 11.3. The summed E-state index contributed by atoms with van der Waals surface area (Å²) >= 11 is 0. The van der Waals surface area contributed by atoms with Gasteiger partial charge >= 0.3 is 5.97 Å². The van der Waals surface area contributed by atoms with Crippen LogP contribution in [0, 0.1) is 23.2 Å².